The Hall–Kier alpha value is -2.56. The topological polar surface area (TPSA) is 66.0 Å². The molecule has 0 atom stereocenters. The van der Waals surface area contributed by atoms with Crippen LogP contribution in [0.1, 0.15) is 11.3 Å². The lowest BCUT2D eigenvalue weighted by Crippen LogP contribution is -2.05. The molecule has 0 amide bonds. The first-order valence-corrected chi connectivity index (χ1v) is 6.37. The molecule has 102 valence electrons. The molecule has 5 nitrogen and oxygen atoms in total. The molecule has 0 aliphatic heterocycles. The molecule has 0 bridgehead atoms. The number of methoxy groups -OCH3 is 1. The number of nitrogen functional groups attached to an aromatic ring is 1. The summed E-state index contributed by atoms with van der Waals surface area (Å²) in [4.78, 5) is 4.65. The molecular formula is C15H16N4O. The predicted octanol–water partition coefficient (Wildman–Crippen LogP) is 2.63. The van der Waals surface area contributed by atoms with Crippen molar-refractivity contribution in [3.8, 4) is 11.6 Å². The fourth-order valence-corrected chi connectivity index (χ4v) is 2.35. The molecule has 1 aromatic carbocycles. The van der Waals surface area contributed by atoms with Gasteiger partial charge in [0.1, 0.15) is 17.1 Å². The maximum atomic E-state index is 5.97. The SMILES string of the molecule is COc1cccc2c(C)cc(-n3nc(C)cc3N)nc12. The minimum atomic E-state index is 0.573. The molecule has 0 unspecified atom stereocenters. The first-order valence-electron chi connectivity index (χ1n) is 6.37. The summed E-state index contributed by atoms with van der Waals surface area (Å²) >= 11 is 0. The molecule has 2 aromatic heterocycles. The van der Waals surface area contributed by atoms with Crippen LogP contribution in [-0.2, 0) is 0 Å². The Morgan fingerprint density at radius 1 is 1.20 bits per heavy atom. The van der Waals surface area contributed by atoms with E-state index in [0.29, 0.717) is 11.6 Å². The zero-order chi connectivity index (χ0) is 14.3. The Morgan fingerprint density at radius 3 is 2.65 bits per heavy atom. The summed E-state index contributed by atoms with van der Waals surface area (Å²) < 4.78 is 7.03. The van der Waals surface area contributed by atoms with Gasteiger partial charge in [0.25, 0.3) is 0 Å². The van der Waals surface area contributed by atoms with Crippen LogP contribution < -0.4 is 10.5 Å². The summed E-state index contributed by atoms with van der Waals surface area (Å²) in [6.45, 7) is 3.95. The van der Waals surface area contributed by atoms with Crippen LogP contribution in [0.4, 0.5) is 5.82 Å². The molecule has 5 heteroatoms. The molecule has 20 heavy (non-hydrogen) atoms. The van der Waals surface area contributed by atoms with E-state index in [1.165, 1.54) is 0 Å². The number of ether oxygens (including phenoxy) is 1. The molecule has 3 rings (SSSR count). The van der Waals surface area contributed by atoms with Crippen molar-refractivity contribution in [3.63, 3.8) is 0 Å². The normalized spacial score (nSPS) is 10.9. The Balaban J connectivity index is 2.31. The van der Waals surface area contributed by atoms with Crippen LogP contribution in [0.3, 0.4) is 0 Å². The van der Waals surface area contributed by atoms with E-state index in [1.807, 2.05) is 44.2 Å². The highest BCUT2D eigenvalue weighted by Crippen LogP contribution is 2.28. The number of nitrogens with zero attached hydrogens (tertiary/aromatic N) is 3. The van der Waals surface area contributed by atoms with Gasteiger partial charge in [0.05, 0.1) is 12.8 Å². The van der Waals surface area contributed by atoms with E-state index in [2.05, 4.69) is 10.1 Å². The molecule has 0 saturated carbocycles. The van der Waals surface area contributed by atoms with Crippen LogP contribution in [0.25, 0.3) is 16.7 Å². The van der Waals surface area contributed by atoms with E-state index >= 15 is 0 Å². The third-order valence-corrected chi connectivity index (χ3v) is 3.29. The van der Waals surface area contributed by atoms with E-state index in [1.54, 1.807) is 11.8 Å². The summed E-state index contributed by atoms with van der Waals surface area (Å²) in [6, 6.07) is 9.69. The lowest BCUT2D eigenvalue weighted by Gasteiger charge is -2.10. The average Bonchev–Trinajstić information content (AvgIpc) is 2.77. The molecule has 2 N–H and O–H groups in total. The van der Waals surface area contributed by atoms with E-state index < -0.39 is 0 Å². The van der Waals surface area contributed by atoms with E-state index in [-0.39, 0.29) is 0 Å². The van der Waals surface area contributed by atoms with Crippen molar-refractivity contribution in [2.45, 2.75) is 13.8 Å². The molecule has 3 aromatic rings. The third-order valence-electron chi connectivity index (χ3n) is 3.29. The monoisotopic (exact) mass is 268 g/mol. The van der Waals surface area contributed by atoms with Gasteiger partial charge in [-0.15, -0.1) is 0 Å². The molecule has 0 aliphatic carbocycles. The number of para-hydroxylation sites is 1. The summed E-state index contributed by atoms with van der Waals surface area (Å²) in [5.74, 6) is 2.02. The van der Waals surface area contributed by atoms with Gasteiger partial charge in [-0.25, -0.2) is 4.98 Å². The van der Waals surface area contributed by atoms with Crippen LogP contribution in [0.2, 0.25) is 0 Å². The smallest absolute Gasteiger partial charge is 0.156 e. The van der Waals surface area contributed by atoms with E-state index in [9.17, 15) is 0 Å². The van der Waals surface area contributed by atoms with Gasteiger partial charge in [0.2, 0.25) is 0 Å². The molecule has 0 aliphatic rings. The van der Waals surface area contributed by atoms with Crippen molar-refractivity contribution >= 4 is 16.7 Å². The third kappa shape index (κ3) is 1.87. The van der Waals surface area contributed by atoms with Crippen molar-refractivity contribution in [1.29, 1.82) is 0 Å². The van der Waals surface area contributed by atoms with Gasteiger partial charge in [-0.2, -0.15) is 9.78 Å². The lowest BCUT2D eigenvalue weighted by atomic mass is 10.1. The Kier molecular flexibility index (Phi) is 2.82. The van der Waals surface area contributed by atoms with Gasteiger partial charge in [0.15, 0.2) is 5.82 Å². The summed E-state index contributed by atoms with van der Waals surface area (Å²) in [5.41, 5.74) is 8.76. The van der Waals surface area contributed by atoms with Crippen LogP contribution in [-0.4, -0.2) is 21.9 Å². The first kappa shape index (κ1) is 12.5. The van der Waals surface area contributed by atoms with Crippen LogP contribution in [0.5, 0.6) is 5.75 Å². The average molecular weight is 268 g/mol. The van der Waals surface area contributed by atoms with Gasteiger partial charge in [-0.05, 0) is 31.5 Å². The second kappa shape index (κ2) is 4.52. The number of benzene rings is 1. The number of hydrogen-bond acceptors (Lipinski definition) is 4. The van der Waals surface area contributed by atoms with Crippen molar-refractivity contribution < 1.29 is 4.74 Å². The number of pyridine rings is 1. The van der Waals surface area contributed by atoms with Gasteiger partial charge in [0, 0.05) is 11.5 Å². The summed E-state index contributed by atoms with van der Waals surface area (Å²) in [7, 11) is 1.64. The van der Waals surface area contributed by atoms with E-state index in [4.69, 9.17) is 10.5 Å². The maximum Gasteiger partial charge on any atom is 0.156 e. The van der Waals surface area contributed by atoms with Crippen LogP contribution in [0.15, 0.2) is 30.3 Å². The number of nitrogens with two attached hydrogens (primary N) is 1. The zero-order valence-corrected chi connectivity index (χ0v) is 11.7. The Bertz CT molecular complexity index is 792. The number of rotatable bonds is 2. The predicted molar refractivity (Wildman–Crippen MR) is 79.3 cm³/mol. The molecule has 0 saturated heterocycles. The number of aryl methyl sites for hydroxylation is 2. The summed E-state index contributed by atoms with van der Waals surface area (Å²) in [6.07, 6.45) is 0. The van der Waals surface area contributed by atoms with Gasteiger partial charge in [-0.3, -0.25) is 0 Å². The lowest BCUT2D eigenvalue weighted by molar-refractivity contribution is 0.419. The van der Waals surface area contributed by atoms with Crippen molar-refractivity contribution in [2.24, 2.45) is 0 Å². The Morgan fingerprint density at radius 2 is 2.00 bits per heavy atom. The minimum Gasteiger partial charge on any atom is -0.494 e. The largest absolute Gasteiger partial charge is 0.494 e. The molecule has 2 heterocycles. The highest BCUT2D eigenvalue weighted by molar-refractivity contribution is 5.88. The number of aromatic nitrogens is 3. The first-order chi connectivity index (χ1) is 9.60. The maximum absolute atomic E-state index is 5.97. The standard InChI is InChI=1S/C15H16N4O/c1-9-7-14(19-13(16)8-10(2)18-19)17-15-11(9)5-4-6-12(15)20-3/h4-8H,16H2,1-3H3. The number of anilines is 1. The van der Waals surface area contributed by atoms with Crippen molar-refractivity contribution in [1.82, 2.24) is 14.8 Å². The van der Waals surface area contributed by atoms with Crippen molar-refractivity contribution in [3.05, 3.63) is 41.6 Å². The van der Waals surface area contributed by atoms with Gasteiger partial charge in [-0.1, -0.05) is 12.1 Å². The fourth-order valence-electron chi connectivity index (χ4n) is 2.35. The Labute approximate surface area is 117 Å². The van der Waals surface area contributed by atoms with Crippen molar-refractivity contribution in [2.75, 3.05) is 12.8 Å². The zero-order valence-electron chi connectivity index (χ0n) is 11.7. The molecule has 0 radical (unpaired) electrons. The van der Waals surface area contributed by atoms with Gasteiger partial charge < -0.3 is 10.5 Å². The van der Waals surface area contributed by atoms with Crippen LogP contribution >= 0.6 is 0 Å². The fraction of sp³-hybridized carbons (Fsp3) is 0.200. The number of fused-ring (bicyclic) bond motifs is 1. The highest BCUT2D eigenvalue weighted by Gasteiger charge is 2.11. The highest BCUT2D eigenvalue weighted by atomic mass is 16.5. The molecule has 0 fully saturated rings. The quantitative estimate of drug-likeness (QED) is 0.776. The van der Waals surface area contributed by atoms with Crippen LogP contribution in [0, 0.1) is 13.8 Å². The van der Waals surface area contributed by atoms with E-state index in [0.717, 1.165) is 27.9 Å². The number of hydrogen-bond donors (Lipinski definition) is 1. The second-order valence-corrected chi connectivity index (χ2v) is 4.78. The molecule has 0 spiro atoms. The summed E-state index contributed by atoms with van der Waals surface area (Å²) in [5, 5.41) is 5.44. The second-order valence-electron chi connectivity index (χ2n) is 4.78. The van der Waals surface area contributed by atoms with Gasteiger partial charge >= 0.3 is 0 Å². The minimum absolute atomic E-state index is 0.573. The molecular weight excluding hydrogens is 252 g/mol.